The summed E-state index contributed by atoms with van der Waals surface area (Å²) in [7, 11) is -2.31. The van der Waals surface area contributed by atoms with Crippen LogP contribution in [0.15, 0.2) is 91.0 Å². The van der Waals surface area contributed by atoms with Gasteiger partial charge in [-0.05, 0) is 0 Å². The van der Waals surface area contributed by atoms with Crippen LogP contribution in [-0.2, 0) is 6.42 Å². The van der Waals surface area contributed by atoms with Gasteiger partial charge in [0.25, 0.3) is 0 Å². The Morgan fingerprint density at radius 1 is 0.722 bits per heavy atom. The van der Waals surface area contributed by atoms with E-state index < -0.39 is 7.26 Å². The van der Waals surface area contributed by atoms with Crippen molar-refractivity contribution in [3.05, 3.63) is 113 Å². The summed E-state index contributed by atoms with van der Waals surface area (Å²) in [5, 5.41) is 14.9. The van der Waals surface area contributed by atoms with Crippen LogP contribution >= 0.6 is 7.26 Å². The Kier molecular flexibility index (Phi) is 6.66. The van der Waals surface area contributed by atoms with Gasteiger partial charge in [-0.15, -0.1) is 0 Å². The Balaban J connectivity index is 1.58. The zero-order valence-corrected chi connectivity index (χ0v) is 22.8. The molecule has 1 N–H and O–H groups in total. The molecule has 1 unspecified atom stereocenters. The molecule has 1 aliphatic heterocycles. The fourth-order valence-corrected chi connectivity index (χ4v) is 11.1. The van der Waals surface area contributed by atoms with Crippen LogP contribution in [0.25, 0.3) is 0 Å². The van der Waals surface area contributed by atoms with Crippen LogP contribution < -0.4 is 20.7 Å². The molecule has 1 heterocycles. The molecule has 36 heavy (non-hydrogen) atoms. The molecule has 3 heteroatoms. The van der Waals surface area contributed by atoms with Crippen LogP contribution in [0, 0.1) is 20.8 Å². The molecule has 2 nitrogen and oxygen atoms in total. The third kappa shape index (κ3) is 4.22. The third-order valence-corrected chi connectivity index (χ3v) is 13.4. The van der Waals surface area contributed by atoms with Gasteiger partial charge in [0.15, 0.2) is 0 Å². The summed E-state index contributed by atoms with van der Waals surface area (Å²) in [4.78, 5) is 0. The normalized spacial score (nSPS) is 17.8. The fraction of sp³-hybridized carbons (Fsp3) is 0.273. The molecule has 4 aromatic carbocycles. The SMILES string of the molecule is Cc1c(C)c2c(c(C)c1O)CCC(C)(CC[PH](c1ccccc1)(c1ccccc1)c1ccccc1)O2. The van der Waals surface area contributed by atoms with Crippen LogP contribution in [0.4, 0.5) is 0 Å². The molecule has 1 aliphatic rings. The average molecular weight is 497 g/mol. The van der Waals surface area contributed by atoms with Gasteiger partial charge in [-0.3, -0.25) is 0 Å². The molecule has 186 valence electrons. The Morgan fingerprint density at radius 2 is 1.19 bits per heavy atom. The number of benzene rings is 4. The molecular weight excluding hydrogens is 459 g/mol. The Hall–Kier alpha value is -3.09. The number of fused-ring (bicyclic) bond motifs is 1. The van der Waals surface area contributed by atoms with Crippen LogP contribution in [0.1, 0.15) is 42.0 Å². The predicted molar refractivity (Wildman–Crippen MR) is 156 cm³/mol. The van der Waals surface area contributed by atoms with Gasteiger partial charge >= 0.3 is 216 Å². The molecule has 4 aromatic rings. The minimum absolute atomic E-state index is 0.260. The van der Waals surface area contributed by atoms with E-state index >= 15 is 0 Å². The van der Waals surface area contributed by atoms with Gasteiger partial charge in [0, 0.05) is 0 Å². The van der Waals surface area contributed by atoms with Crippen LogP contribution in [0.3, 0.4) is 0 Å². The van der Waals surface area contributed by atoms with Gasteiger partial charge in [-0.1, -0.05) is 0 Å². The van der Waals surface area contributed by atoms with Crippen molar-refractivity contribution in [2.75, 3.05) is 6.16 Å². The maximum absolute atomic E-state index is 10.6. The fourth-order valence-electron chi connectivity index (χ4n) is 6.02. The summed E-state index contributed by atoms with van der Waals surface area (Å²) < 4.78 is 6.88. The number of hydrogen-bond acceptors (Lipinski definition) is 2. The predicted octanol–water partition coefficient (Wildman–Crippen LogP) is 6.52. The van der Waals surface area contributed by atoms with E-state index in [2.05, 4.69) is 105 Å². The molecule has 0 fully saturated rings. The van der Waals surface area contributed by atoms with Gasteiger partial charge in [-0.25, -0.2) is 0 Å². The van der Waals surface area contributed by atoms with E-state index in [0.29, 0.717) is 5.75 Å². The maximum atomic E-state index is 10.6. The monoisotopic (exact) mass is 496 g/mol. The van der Waals surface area contributed by atoms with Crippen molar-refractivity contribution in [3.8, 4) is 11.5 Å². The van der Waals surface area contributed by atoms with Gasteiger partial charge in [0.2, 0.25) is 0 Å². The second kappa shape index (κ2) is 9.75. The molecule has 0 saturated heterocycles. The molecule has 1 atom stereocenters. The van der Waals surface area contributed by atoms with Crippen molar-refractivity contribution in [2.45, 2.75) is 52.6 Å². The number of phenolic OH excluding ortho intramolecular Hbond substituents is 1. The van der Waals surface area contributed by atoms with Crippen molar-refractivity contribution in [1.82, 2.24) is 0 Å². The average Bonchev–Trinajstić information content (AvgIpc) is 2.93. The quantitative estimate of drug-likeness (QED) is 0.308. The molecule has 0 radical (unpaired) electrons. The third-order valence-electron chi connectivity index (χ3n) is 8.42. The first kappa shape index (κ1) is 24.6. The molecular formula is C33H37O2P. The molecule has 0 saturated carbocycles. The number of ether oxygens (including phenoxy) is 1. The Labute approximate surface area is 216 Å². The topological polar surface area (TPSA) is 29.5 Å². The van der Waals surface area contributed by atoms with E-state index in [1.54, 1.807) is 0 Å². The minimum atomic E-state index is -2.31. The number of phenols is 1. The summed E-state index contributed by atoms with van der Waals surface area (Å²) in [6.07, 6.45) is 3.91. The first-order chi connectivity index (χ1) is 17.4. The summed E-state index contributed by atoms with van der Waals surface area (Å²) >= 11 is 0. The standard InChI is InChI=1S/C33H37O2P/c1-24-25(2)32-30(26(3)31(24)34)20-21-33(4,35-32)22-23-36(27-14-8-5-9-15-27,28-16-10-6-11-17-28)29-18-12-7-13-19-29/h5-19,34,36H,20-23H2,1-4H3. The van der Waals surface area contributed by atoms with Crippen LogP contribution in [0.2, 0.25) is 0 Å². The van der Waals surface area contributed by atoms with Gasteiger partial charge in [0.05, 0.1) is 0 Å². The van der Waals surface area contributed by atoms with E-state index in [1.165, 1.54) is 21.5 Å². The van der Waals surface area contributed by atoms with Gasteiger partial charge in [-0.2, -0.15) is 0 Å². The molecule has 0 bridgehead atoms. The van der Waals surface area contributed by atoms with Crippen LogP contribution in [-0.4, -0.2) is 16.9 Å². The molecule has 0 aliphatic carbocycles. The van der Waals surface area contributed by atoms with E-state index in [0.717, 1.165) is 47.9 Å². The summed E-state index contributed by atoms with van der Waals surface area (Å²) in [5.74, 6) is 1.41. The second-order valence-electron chi connectivity index (χ2n) is 10.6. The summed E-state index contributed by atoms with van der Waals surface area (Å²) in [6, 6.07) is 33.4. The molecule has 0 aromatic heterocycles. The zero-order chi connectivity index (χ0) is 25.3. The van der Waals surface area contributed by atoms with Crippen LogP contribution in [0.5, 0.6) is 11.5 Å². The second-order valence-corrected chi connectivity index (χ2v) is 14.6. The van der Waals surface area contributed by atoms with Crippen molar-refractivity contribution in [3.63, 3.8) is 0 Å². The van der Waals surface area contributed by atoms with Crippen molar-refractivity contribution < 1.29 is 9.84 Å². The van der Waals surface area contributed by atoms with Crippen molar-refractivity contribution in [2.24, 2.45) is 0 Å². The number of rotatable bonds is 6. The van der Waals surface area contributed by atoms with Gasteiger partial charge in [0.1, 0.15) is 0 Å². The van der Waals surface area contributed by atoms with E-state index in [9.17, 15) is 5.11 Å². The first-order valence-corrected chi connectivity index (χ1v) is 15.2. The number of hydrogen-bond donors (Lipinski definition) is 1. The first-order valence-electron chi connectivity index (χ1n) is 13.0. The number of aromatic hydroxyl groups is 1. The summed E-state index contributed by atoms with van der Waals surface area (Å²) in [6.45, 7) is 8.37. The van der Waals surface area contributed by atoms with E-state index in [4.69, 9.17) is 4.74 Å². The summed E-state index contributed by atoms with van der Waals surface area (Å²) in [5.41, 5.74) is 3.88. The van der Waals surface area contributed by atoms with Crippen molar-refractivity contribution in [1.29, 1.82) is 0 Å². The molecule has 0 amide bonds. The van der Waals surface area contributed by atoms with E-state index in [1.807, 2.05) is 13.8 Å². The zero-order valence-electron chi connectivity index (χ0n) is 21.8. The van der Waals surface area contributed by atoms with Crippen molar-refractivity contribution >= 4 is 23.2 Å². The molecule has 0 spiro atoms. The Bertz CT molecular complexity index is 1250. The Morgan fingerprint density at radius 3 is 1.67 bits per heavy atom. The van der Waals surface area contributed by atoms with E-state index in [-0.39, 0.29) is 5.60 Å². The van der Waals surface area contributed by atoms with Gasteiger partial charge < -0.3 is 0 Å². The molecule has 5 rings (SSSR count).